The van der Waals surface area contributed by atoms with E-state index in [4.69, 9.17) is 4.74 Å². The molecule has 0 amide bonds. The van der Waals surface area contributed by atoms with Crippen LogP contribution in [0.15, 0.2) is 24.3 Å². The Hall–Kier alpha value is -1.11. The number of hydrogen-bond donors (Lipinski definition) is 2. The van der Waals surface area contributed by atoms with Crippen molar-refractivity contribution in [1.29, 1.82) is 0 Å². The standard InChI is InChI=1S/C11H15NO4S/c1-17(14,15)12-8-11(13)6-7-16-10-5-3-2-4-9(10)11/h2-5,12-13H,6-8H2,1H3. The molecule has 0 radical (unpaired) electrons. The zero-order chi connectivity index (χ0) is 12.5. The minimum Gasteiger partial charge on any atom is -0.493 e. The average Bonchev–Trinajstić information content (AvgIpc) is 2.27. The van der Waals surface area contributed by atoms with Crippen LogP contribution in [0, 0.1) is 0 Å². The molecule has 5 nitrogen and oxygen atoms in total. The van der Waals surface area contributed by atoms with E-state index in [2.05, 4.69) is 4.72 Å². The molecule has 17 heavy (non-hydrogen) atoms. The molecule has 94 valence electrons. The van der Waals surface area contributed by atoms with Crippen LogP contribution in [-0.4, -0.2) is 32.9 Å². The van der Waals surface area contributed by atoms with Gasteiger partial charge in [0.05, 0.1) is 12.9 Å². The lowest BCUT2D eigenvalue weighted by molar-refractivity contribution is 0.00222. The Labute approximate surface area is 100 Å². The number of fused-ring (bicyclic) bond motifs is 1. The lowest BCUT2D eigenvalue weighted by Crippen LogP contribution is -2.43. The summed E-state index contributed by atoms with van der Waals surface area (Å²) in [5, 5.41) is 10.5. The van der Waals surface area contributed by atoms with E-state index >= 15 is 0 Å². The van der Waals surface area contributed by atoms with Gasteiger partial charge in [-0.25, -0.2) is 13.1 Å². The van der Waals surface area contributed by atoms with Crippen molar-refractivity contribution in [2.45, 2.75) is 12.0 Å². The van der Waals surface area contributed by atoms with Crippen LogP contribution in [-0.2, 0) is 15.6 Å². The van der Waals surface area contributed by atoms with Crippen LogP contribution in [0.2, 0.25) is 0 Å². The molecule has 6 heteroatoms. The van der Waals surface area contributed by atoms with Gasteiger partial charge in [-0.2, -0.15) is 0 Å². The Morgan fingerprint density at radius 1 is 1.47 bits per heavy atom. The van der Waals surface area contributed by atoms with E-state index in [1.165, 1.54) is 0 Å². The van der Waals surface area contributed by atoms with Gasteiger partial charge in [0.15, 0.2) is 0 Å². The number of aliphatic hydroxyl groups is 1. The second-order valence-electron chi connectivity index (χ2n) is 4.22. The van der Waals surface area contributed by atoms with Gasteiger partial charge < -0.3 is 9.84 Å². The Morgan fingerprint density at radius 3 is 2.88 bits per heavy atom. The first-order chi connectivity index (χ1) is 7.91. The van der Waals surface area contributed by atoms with Crippen LogP contribution in [0.1, 0.15) is 12.0 Å². The Morgan fingerprint density at radius 2 is 2.18 bits per heavy atom. The van der Waals surface area contributed by atoms with Gasteiger partial charge in [0.25, 0.3) is 0 Å². The van der Waals surface area contributed by atoms with Crippen molar-refractivity contribution in [2.75, 3.05) is 19.4 Å². The molecule has 1 heterocycles. The average molecular weight is 257 g/mol. The maximum absolute atomic E-state index is 11.1. The summed E-state index contributed by atoms with van der Waals surface area (Å²) in [5.74, 6) is 0.608. The molecule has 1 unspecified atom stereocenters. The highest BCUT2D eigenvalue weighted by atomic mass is 32.2. The molecule has 0 fully saturated rings. The number of ether oxygens (including phenoxy) is 1. The second-order valence-corrected chi connectivity index (χ2v) is 6.05. The lowest BCUT2D eigenvalue weighted by Gasteiger charge is -2.34. The van der Waals surface area contributed by atoms with E-state index in [1.54, 1.807) is 18.2 Å². The summed E-state index contributed by atoms with van der Waals surface area (Å²) in [6.45, 7) is 0.338. The third kappa shape index (κ3) is 2.77. The summed E-state index contributed by atoms with van der Waals surface area (Å²) >= 11 is 0. The van der Waals surface area contributed by atoms with E-state index in [9.17, 15) is 13.5 Å². The highest BCUT2D eigenvalue weighted by Crippen LogP contribution is 2.36. The highest BCUT2D eigenvalue weighted by Gasteiger charge is 2.35. The predicted molar refractivity (Wildman–Crippen MR) is 63.3 cm³/mol. The van der Waals surface area contributed by atoms with Gasteiger partial charge in [0, 0.05) is 18.5 Å². The molecule has 0 spiro atoms. The summed E-state index contributed by atoms with van der Waals surface area (Å²) in [7, 11) is -3.31. The summed E-state index contributed by atoms with van der Waals surface area (Å²) in [4.78, 5) is 0. The van der Waals surface area contributed by atoms with Crippen LogP contribution in [0.5, 0.6) is 5.75 Å². The number of para-hydroxylation sites is 1. The van der Waals surface area contributed by atoms with Crippen molar-refractivity contribution in [3.63, 3.8) is 0 Å². The summed E-state index contributed by atoms with van der Waals surface area (Å²) in [6.07, 6.45) is 1.44. The fraction of sp³-hybridized carbons (Fsp3) is 0.455. The molecule has 0 aliphatic carbocycles. The van der Waals surface area contributed by atoms with Gasteiger partial charge in [-0.05, 0) is 6.07 Å². The molecule has 0 saturated heterocycles. The largest absolute Gasteiger partial charge is 0.493 e. The van der Waals surface area contributed by atoms with Crippen molar-refractivity contribution in [2.24, 2.45) is 0 Å². The summed E-state index contributed by atoms with van der Waals surface area (Å²) in [5.41, 5.74) is -0.569. The van der Waals surface area contributed by atoms with Crippen LogP contribution in [0.3, 0.4) is 0 Å². The first-order valence-electron chi connectivity index (χ1n) is 5.30. The van der Waals surface area contributed by atoms with Crippen molar-refractivity contribution in [1.82, 2.24) is 4.72 Å². The molecule has 1 aliphatic heterocycles. The molecule has 1 aliphatic rings. The van der Waals surface area contributed by atoms with E-state index in [-0.39, 0.29) is 6.54 Å². The monoisotopic (exact) mass is 257 g/mol. The molecular formula is C11H15NO4S. The topological polar surface area (TPSA) is 75.6 Å². The second kappa shape index (κ2) is 4.29. The number of hydrogen-bond acceptors (Lipinski definition) is 4. The molecular weight excluding hydrogens is 242 g/mol. The van der Waals surface area contributed by atoms with Crippen molar-refractivity contribution in [3.05, 3.63) is 29.8 Å². The van der Waals surface area contributed by atoms with E-state index in [0.29, 0.717) is 24.3 Å². The number of rotatable bonds is 3. The molecule has 2 rings (SSSR count). The number of nitrogens with one attached hydrogen (secondary N) is 1. The third-order valence-corrected chi connectivity index (χ3v) is 3.46. The zero-order valence-corrected chi connectivity index (χ0v) is 10.3. The van der Waals surface area contributed by atoms with Gasteiger partial charge >= 0.3 is 0 Å². The molecule has 1 aromatic rings. The predicted octanol–water partition coefficient (Wildman–Crippen LogP) is 0.206. The van der Waals surface area contributed by atoms with E-state index in [0.717, 1.165) is 6.26 Å². The SMILES string of the molecule is CS(=O)(=O)NCC1(O)CCOc2ccccc21. The highest BCUT2D eigenvalue weighted by molar-refractivity contribution is 7.88. The number of benzene rings is 1. The van der Waals surface area contributed by atoms with Gasteiger partial charge in [-0.1, -0.05) is 18.2 Å². The zero-order valence-electron chi connectivity index (χ0n) is 9.51. The Bertz CT molecular complexity index is 514. The normalized spacial score (nSPS) is 23.9. The third-order valence-electron chi connectivity index (χ3n) is 2.79. The maximum Gasteiger partial charge on any atom is 0.208 e. The van der Waals surface area contributed by atoms with Crippen molar-refractivity contribution < 1.29 is 18.3 Å². The minimum atomic E-state index is -3.31. The van der Waals surface area contributed by atoms with Crippen molar-refractivity contribution in [3.8, 4) is 5.75 Å². The van der Waals surface area contributed by atoms with Gasteiger partial charge in [-0.3, -0.25) is 0 Å². The first kappa shape index (κ1) is 12.3. The van der Waals surface area contributed by atoms with Crippen LogP contribution in [0.4, 0.5) is 0 Å². The summed E-state index contributed by atoms with van der Waals surface area (Å²) < 4.78 is 29.9. The smallest absolute Gasteiger partial charge is 0.208 e. The molecule has 1 atom stereocenters. The van der Waals surface area contributed by atoms with E-state index < -0.39 is 15.6 Å². The quantitative estimate of drug-likeness (QED) is 0.811. The van der Waals surface area contributed by atoms with Gasteiger partial charge in [0.2, 0.25) is 10.0 Å². The Balaban J connectivity index is 2.27. The minimum absolute atomic E-state index is 0.0355. The van der Waals surface area contributed by atoms with E-state index in [1.807, 2.05) is 6.07 Å². The van der Waals surface area contributed by atoms with Gasteiger partial charge in [0.1, 0.15) is 11.4 Å². The molecule has 0 saturated carbocycles. The lowest BCUT2D eigenvalue weighted by atomic mass is 9.88. The fourth-order valence-electron chi connectivity index (χ4n) is 1.88. The Kier molecular flexibility index (Phi) is 3.11. The maximum atomic E-state index is 11.1. The molecule has 2 N–H and O–H groups in total. The molecule has 0 bridgehead atoms. The van der Waals surface area contributed by atoms with Gasteiger partial charge in [-0.15, -0.1) is 0 Å². The van der Waals surface area contributed by atoms with Crippen molar-refractivity contribution >= 4 is 10.0 Å². The molecule has 0 aromatic heterocycles. The van der Waals surface area contributed by atoms with Crippen LogP contribution >= 0.6 is 0 Å². The number of sulfonamides is 1. The fourth-order valence-corrected chi connectivity index (χ4v) is 2.38. The van der Waals surface area contributed by atoms with Crippen LogP contribution in [0.25, 0.3) is 0 Å². The summed E-state index contributed by atoms with van der Waals surface area (Å²) in [6, 6.07) is 7.12. The first-order valence-corrected chi connectivity index (χ1v) is 7.19. The van der Waals surface area contributed by atoms with Crippen LogP contribution < -0.4 is 9.46 Å². The molecule has 1 aromatic carbocycles.